The van der Waals surface area contributed by atoms with Gasteiger partial charge >= 0.3 is 18.2 Å². The maximum Gasteiger partial charge on any atom is 0.416 e. The standard InChI is InChI=1S/C30H26F3N5O3/c1-3-36-25-14-12-21(30(31,32)33)17-26(25)37(22-9-5-4-6-10-22)29(41)38(28(36)40)23-11-7-8-20(16-23)27(39)15-13-24-18-34-19-35(24)2/h4-12,14,16-19H,3,13,15H2,1-2H3. The number of hydrogen-bond donors (Lipinski definition) is 0. The van der Waals surface area contributed by atoms with Crippen LogP contribution in [0.5, 0.6) is 0 Å². The van der Waals surface area contributed by atoms with Gasteiger partial charge in [-0.05, 0) is 55.8 Å². The average Bonchev–Trinajstić information content (AvgIpc) is 3.34. The summed E-state index contributed by atoms with van der Waals surface area (Å²) in [6, 6.07) is 15.6. The van der Waals surface area contributed by atoms with Gasteiger partial charge in [-0.25, -0.2) is 19.5 Å². The molecular weight excluding hydrogens is 535 g/mol. The van der Waals surface area contributed by atoms with E-state index < -0.39 is 23.8 Å². The minimum Gasteiger partial charge on any atom is -0.338 e. The number of hydrogen-bond acceptors (Lipinski definition) is 4. The van der Waals surface area contributed by atoms with Gasteiger partial charge in [-0.1, -0.05) is 30.3 Å². The van der Waals surface area contributed by atoms with Crippen LogP contribution in [0.2, 0.25) is 0 Å². The number of imide groups is 1. The number of imidazole rings is 1. The molecule has 0 N–H and O–H groups in total. The Labute approximate surface area is 234 Å². The number of alkyl halides is 3. The number of aryl methyl sites for hydroxylation is 2. The summed E-state index contributed by atoms with van der Waals surface area (Å²) in [6.45, 7) is 1.74. The summed E-state index contributed by atoms with van der Waals surface area (Å²) in [4.78, 5) is 48.4. The summed E-state index contributed by atoms with van der Waals surface area (Å²) in [5.74, 6) is -0.201. The molecule has 3 aromatic carbocycles. The van der Waals surface area contributed by atoms with Crippen molar-refractivity contribution in [3.63, 3.8) is 0 Å². The number of rotatable bonds is 7. The van der Waals surface area contributed by atoms with Crippen LogP contribution in [0.3, 0.4) is 0 Å². The van der Waals surface area contributed by atoms with Crippen molar-refractivity contribution < 1.29 is 27.6 Å². The summed E-state index contributed by atoms with van der Waals surface area (Å²) in [6.07, 6.45) is -0.725. The fourth-order valence-electron chi connectivity index (χ4n) is 4.80. The highest BCUT2D eigenvalue weighted by molar-refractivity contribution is 6.28. The molecule has 11 heteroatoms. The first kappa shape index (κ1) is 27.6. The van der Waals surface area contributed by atoms with Crippen LogP contribution >= 0.6 is 0 Å². The predicted molar refractivity (Wildman–Crippen MR) is 149 cm³/mol. The first-order valence-corrected chi connectivity index (χ1v) is 12.9. The van der Waals surface area contributed by atoms with Gasteiger partial charge in [0, 0.05) is 37.5 Å². The molecule has 0 radical (unpaired) electrons. The number of Topliss-reactive ketones (excluding diaryl/α,β-unsaturated/α-hetero) is 1. The highest BCUT2D eigenvalue weighted by Gasteiger charge is 2.41. The topological polar surface area (TPSA) is 78.8 Å². The van der Waals surface area contributed by atoms with Crippen LogP contribution in [0.4, 0.5) is 45.5 Å². The molecule has 0 atom stereocenters. The maximum atomic E-state index is 14.2. The molecule has 0 fully saturated rings. The lowest BCUT2D eigenvalue weighted by atomic mass is 10.0. The number of anilines is 4. The summed E-state index contributed by atoms with van der Waals surface area (Å²) >= 11 is 0. The van der Waals surface area contributed by atoms with Crippen LogP contribution in [0.25, 0.3) is 0 Å². The normalized spacial score (nSPS) is 13.8. The molecule has 4 aromatic rings. The second kappa shape index (κ2) is 10.9. The molecule has 0 saturated carbocycles. The molecule has 1 aromatic heterocycles. The Balaban J connectivity index is 1.59. The van der Waals surface area contributed by atoms with E-state index in [2.05, 4.69) is 4.98 Å². The Hall–Kier alpha value is -4.93. The molecule has 8 nitrogen and oxygen atoms in total. The molecule has 41 heavy (non-hydrogen) atoms. The van der Waals surface area contributed by atoms with Crippen molar-refractivity contribution in [2.24, 2.45) is 7.05 Å². The Kier molecular flexibility index (Phi) is 7.36. The van der Waals surface area contributed by atoms with Crippen LogP contribution < -0.4 is 14.7 Å². The van der Waals surface area contributed by atoms with E-state index in [1.807, 2.05) is 11.6 Å². The molecule has 0 unspecified atom stereocenters. The van der Waals surface area contributed by atoms with Gasteiger partial charge in [0.15, 0.2) is 5.78 Å². The molecule has 210 valence electrons. The zero-order valence-corrected chi connectivity index (χ0v) is 22.3. The minimum atomic E-state index is -4.67. The van der Waals surface area contributed by atoms with Crippen LogP contribution in [-0.4, -0.2) is 33.9 Å². The molecule has 5 rings (SSSR count). The Morgan fingerprint density at radius 1 is 0.854 bits per heavy atom. The number of amides is 4. The van der Waals surface area contributed by atoms with Crippen molar-refractivity contribution in [2.75, 3.05) is 21.2 Å². The molecule has 0 bridgehead atoms. The number of para-hydroxylation sites is 1. The van der Waals surface area contributed by atoms with Crippen molar-refractivity contribution in [2.45, 2.75) is 25.9 Å². The van der Waals surface area contributed by atoms with Gasteiger partial charge in [0.2, 0.25) is 0 Å². The second-order valence-corrected chi connectivity index (χ2v) is 9.49. The SMILES string of the molecule is CCN1C(=O)N(c2cccc(C(=O)CCc3cncn3C)c2)C(=O)N(c2ccccc2)c2cc(C(F)(F)F)ccc21. The third-order valence-electron chi connectivity index (χ3n) is 6.92. The lowest BCUT2D eigenvalue weighted by Crippen LogP contribution is -2.48. The van der Waals surface area contributed by atoms with Gasteiger partial charge in [0.05, 0.1) is 34.6 Å². The Morgan fingerprint density at radius 2 is 1.59 bits per heavy atom. The molecule has 0 spiro atoms. The molecule has 2 heterocycles. The average molecular weight is 562 g/mol. The van der Waals surface area contributed by atoms with Crippen LogP contribution in [0, 0.1) is 0 Å². The van der Waals surface area contributed by atoms with E-state index in [4.69, 9.17) is 0 Å². The van der Waals surface area contributed by atoms with E-state index in [0.717, 1.165) is 27.6 Å². The van der Waals surface area contributed by atoms with Crippen molar-refractivity contribution >= 4 is 40.6 Å². The first-order chi connectivity index (χ1) is 19.6. The van der Waals surface area contributed by atoms with Crippen molar-refractivity contribution in [3.8, 4) is 0 Å². The fraction of sp³-hybridized carbons (Fsp3) is 0.200. The number of benzene rings is 3. The van der Waals surface area contributed by atoms with Gasteiger partial charge in [0.1, 0.15) is 0 Å². The number of urea groups is 2. The van der Waals surface area contributed by atoms with Gasteiger partial charge in [-0.3, -0.25) is 14.6 Å². The second-order valence-electron chi connectivity index (χ2n) is 9.49. The molecular formula is C30H26F3N5O3. The molecule has 4 amide bonds. The van der Waals surface area contributed by atoms with Crippen LogP contribution in [0.15, 0.2) is 85.3 Å². The summed E-state index contributed by atoms with van der Waals surface area (Å²) < 4.78 is 43.1. The van der Waals surface area contributed by atoms with E-state index in [1.54, 1.807) is 61.9 Å². The number of fused-ring (bicyclic) bond motifs is 1. The Morgan fingerprint density at radius 3 is 2.24 bits per heavy atom. The molecule has 1 aliphatic rings. The highest BCUT2D eigenvalue weighted by atomic mass is 19.4. The number of carbonyl (C=O) groups excluding carboxylic acids is 3. The molecule has 1 aliphatic heterocycles. The monoisotopic (exact) mass is 561 g/mol. The van der Waals surface area contributed by atoms with E-state index >= 15 is 0 Å². The smallest absolute Gasteiger partial charge is 0.338 e. The fourth-order valence-corrected chi connectivity index (χ4v) is 4.80. The largest absolute Gasteiger partial charge is 0.416 e. The highest BCUT2D eigenvalue weighted by Crippen LogP contribution is 2.43. The summed E-state index contributed by atoms with van der Waals surface area (Å²) in [7, 11) is 1.83. The minimum absolute atomic E-state index is 0.0763. The van der Waals surface area contributed by atoms with E-state index in [0.29, 0.717) is 12.0 Å². The van der Waals surface area contributed by atoms with Gasteiger partial charge in [0.25, 0.3) is 0 Å². The molecule has 0 saturated heterocycles. The summed E-state index contributed by atoms with van der Waals surface area (Å²) in [5, 5.41) is 0. The lowest BCUT2D eigenvalue weighted by molar-refractivity contribution is -0.137. The van der Waals surface area contributed by atoms with Gasteiger partial charge in [-0.15, -0.1) is 0 Å². The summed E-state index contributed by atoms with van der Waals surface area (Å²) in [5.41, 5.74) is 0.668. The third kappa shape index (κ3) is 5.30. The number of carbonyl (C=O) groups is 3. The van der Waals surface area contributed by atoms with E-state index in [-0.39, 0.29) is 41.5 Å². The van der Waals surface area contributed by atoms with Gasteiger partial charge < -0.3 is 4.57 Å². The zero-order valence-electron chi connectivity index (χ0n) is 22.3. The number of ketones is 1. The van der Waals surface area contributed by atoms with Crippen molar-refractivity contribution in [1.82, 2.24) is 9.55 Å². The third-order valence-corrected chi connectivity index (χ3v) is 6.92. The van der Waals surface area contributed by atoms with Crippen LogP contribution in [-0.2, 0) is 19.6 Å². The van der Waals surface area contributed by atoms with Crippen LogP contribution in [0.1, 0.15) is 35.0 Å². The maximum absolute atomic E-state index is 14.2. The van der Waals surface area contributed by atoms with E-state index in [9.17, 15) is 27.6 Å². The number of halogens is 3. The molecule has 0 aliphatic carbocycles. The van der Waals surface area contributed by atoms with Crippen molar-refractivity contribution in [1.29, 1.82) is 0 Å². The van der Waals surface area contributed by atoms with Crippen molar-refractivity contribution in [3.05, 3.63) is 102 Å². The zero-order chi connectivity index (χ0) is 29.3. The number of nitrogens with zero attached hydrogens (tertiary/aromatic N) is 5. The lowest BCUT2D eigenvalue weighted by Gasteiger charge is -2.27. The Bertz CT molecular complexity index is 1620. The quantitative estimate of drug-likeness (QED) is 0.228. The first-order valence-electron chi connectivity index (χ1n) is 12.9. The predicted octanol–water partition coefficient (Wildman–Crippen LogP) is 6.98. The number of aromatic nitrogens is 2. The van der Waals surface area contributed by atoms with E-state index in [1.165, 1.54) is 23.1 Å². The van der Waals surface area contributed by atoms with Gasteiger partial charge in [-0.2, -0.15) is 13.2 Å².